The van der Waals surface area contributed by atoms with E-state index in [2.05, 4.69) is 83.9 Å². The first-order valence-electron chi connectivity index (χ1n) is 13.1. The molecule has 0 radical (unpaired) electrons. The highest BCUT2D eigenvalue weighted by Gasteiger charge is 2.20. The number of fused-ring (bicyclic) bond motifs is 2. The number of benzene rings is 5. The van der Waals surface area contributed by atoms with Gasteiger partial charge in [0.2, 0.25) is 0 Å². The Hall–Kier alpha value is -4.87. The zero-order valence-corrected chi connectivity index (χ0v) is 22.7. The molecular formula is C35H28N4S. The van der Waals surface area contributed by atoms with E-state index in [0.717, 1.165) is 34.2 Å². The Balaban J connectivity index is 1.50. The van der Waals surface area contributed by atoms with Crippen molar-refractivity contribution in [1.82, 2.24) is 0 Å². The van der Waals surface area contributed by atoms with Gasteiger partial charge >= 0.3 is 0 Å². The van der Waals surface area contributed by atoms with Gasteiger partial charge in [0.05, 0.1) is 0 Å². The molecule has 0 aromatic heterocycles. The van der Waals surface area contributed by atoms with Crippen LogP contribution in [0.3, 0.4) is 0 Å². The number of amidine groups is 2. The standard InChI is InChI=1S/C35H28N4S/c36-17-16-31(33-22-27-12-6-7-13-32(27)40-33)29-19-28(26-15-14-23-8-4-5-11-25(23)18-26)20-30(21-29)35(38)39-34(37)24-9-2-1-3-10-24/h1-21H,22,36H2,(H3,37,38,39)/b17-16-,33-31-. The van der Waals surface area contributed by atoms with Crippen molar-refractivity contribution in [2.45, 2.75) is 11.3 Å². The van der Waals surface area contributed by atoms with Crippen LogP contribution in [0, 0.1) is 5.41 Å². The van der Waals surface area contributed by atoms with Crippen molar-refractivity contribution in [1.29, 1.82) is 5.41 Å². The predicted molar refractivity (Wildman–Crippen MR) is 170 cm³/mol. The number of nitrogens with two attached hydrogens (primary N) is 2. The lowest BCUT2D eigenvalue weighted by Gasteiger charge is -2.14. The Labute approximate surface area is 238 Å². The minimum atomic E-state index is 0.123. The average Bonchev–Trinajstić information content (AvgIpc) is 3.43. The normalized spacial score (nSPS) is 14.4. The van der Waals surface area contributed by atoms with Crippen LogP contribution in [0.1, 0.15) is 22.3 Å². The summed E-state index contributed by atoms with van der Waals surface area (Å²) < 4.78 is 0. The van der Waals surface area contributed by atoms with E-state index in [1.807, 2.05) is 42.5 Å². The lowest BCUT2D eigenvalue weighted by atomic mass is 9.93. The van der Waals surface area contributed by atoms with E-state index < -0.39 is 0 Å². The first-order chi connectivity index (χ1) is 19.6. The molecule has 40 heavy (non-hydrogen) atoms. The number of hydrogen-bond acceptors (Lipinski definition) is 3. The third-order valence-corrected chi connectivity index (χ3v) is 8.25. The summed E-state index contributed by atoms with van der Waals surface area (Å²) >= 11 is 1.78. The van der Waals surface area contributed by atoms with Gasteiger partial charge in [-0.25, -0.2) is 4.99 Å². The molecule has 5 aromatic rings. The molecule has 194 valence electrons. The Kier molecular flexibility index (Phi) is 7.04. The summed E-state index contributed by atoms with van der Waals surface area (Å²) in [6.07, 6.45) is 4.41. The highest BCUT2D eigenvalue weighted by atomic mass is 32.2. The molecular weight excluding hydrogens is 508 g/mol. The van der Waals surface area contributed by atoms with Gasteiger partial charge in [0.1, 0.15) is 5.84 Å². The molecule has 0 spiro atoms. The highest BCUT2D eigenvalue weighted by molar-refractivity contribution is 8.03. The van der Waals surface area contributed by atoms with Crippen LogP contribution in [0.15, 0.2) is 142 Å². The molecule has 0 fully saturated rings. The van der Waals surface area contributed by atoms with E-state index in [4.69, 9.17) is 16.9 Å². The third kappa shape index (κ3) is 5.20. The number of thioether (sulfide) groups is 1. The molecule has 0 aliphatic carbocycles. The first-order valence-corrected chi connectivity index (χ1v) is 13.9. The summed E-state index contributed by atoms with van der Waals surface area (Å²) in [4.78, 5) is 6.99. The van der Waals surface area contributed by atoms with Crippen LogP contribution in [0.25, 0.3) is 27.5 Å². The fraction of sp³-hybridized carbons (Fsp3) is 0.0286. The largest absolute Gasteiger partial charge is 0.405 e. The topological polar surface area (TPSA) is 88.2 Å². The molecule has 1 heterocycles. The zero-order valence-electron chi connectivity index (χ0n) is 21.8. The summed E-state index contributed by atoms with van der Waals surface area (Å²) in [5.41, 5.74) is 19.5. The van der Waals surface area contributed by atoms with Crippen molar-refractivity contribution in [3.05, 3.63) is 155 Å². The van der Waals surface area contributed by atoms with E-state index in [1.165, 1.54) is 26.1 Å². The van der Waals surface area contributed by atoms with E-state index in [9.17, 15) is 0 Å². The molecule has 5 aromatic carbocycles. The minimum absolute atomic E-state index is 0.123. The maximum absolute atomic E-state index is 8.52. The molecule has 5 heteroatoms. The summed E-state index contributed by atoms with van der Waals surface area (Å²) in [5, 5.41) is 10.9. The lowest BCUT2D eigenvalue weighted by molar-refractivity contribution is 1.21. The van der Waals surface area contributed by atoms with Crippen LogP contribution in [0.5, 0.6) is 0 Å². The fourth-order valence-electron chi connectivity index (χ4n) is 5.00. The molecule has 0 unspecified atom stereocenters. The van der Waals surface area contributed by atoms with Crippen molar-refractivity contribution in [3.8, 4) is 11.1 Å². The van der Waals surface area contributed by atoms with Gasteiger partial charge in [-0.15, -0.1) is 0 Å². The number of nitrogens with zero attached hydrogens (tertiary/aromatic N) is 1. The van der Waals surface area contributed by atoms with Crippen LogP contribution in [0.4, 0.5) is 0 Å². The van der Waals surface area contributed by atoms with Gasteiger partial charge in [-0.1, -0.05) is 96.7 Å². The predicted octanol–water partition coefficient (Wildman–Crippen LogP) is 7.77. The molecule has 0 amide bonds. The van der Waals surface area contributed by atoms with Crippen LogP contribution >= 0.6 is 11.8 Å². The van der Waals surface area contributed by atoms with E-state index in [0.29, 0.717) is 11.4 Å². The monoisotopic (exact) mass is 536 g/mol. The van der Waals surface area contributed by atoms with Crippen molar-refractivity contribution >= 4 is 39.8 Å². The number of rotatable bonds is 5. The van der Waals surface area contributed by atoms with Crippen molar-refractivity contribution in [3.63, 3.8) is 0 Å². The average molecular weight is 537 g/mol. The van der Waals surface area contributed by atoms with Gasteiger partial charge in [-0.3, -0.25) is 5.41 Å². The van der Waals surface area contributed by atoms with Crippen LogP contribution in [-0.4, -0.2) is 11.7 Å². The Morgan fingerprint density at radius 2 is 1.45 bits per heavy atom. The molecule has 0 saturated carbocycles. The lowest BCUT2D eigenvalue weighted by Crippen LogP contribution is -2.16. The molecule has 0 bridgehead atoms. The zero-order chi connectivity index (χ0) is 27.5. The second kappa shape index (κ2) is 11.1. The van der Waals surface area contributed by atoms with E-state index in [1.54, 1.807) is 18.0 Å². The quantitative estimate of drug-likeness (QED) is 0.158. The smallest absolute Gasteiger partial charge is 0.154 e. The summed E-state index contributed by atoms with van der Waals surface area (Å²) in [5.74, 6) is 0.416. The van der Waals surface area contributed by atoms with Crippen LogP contribution in [-0.2, 0) is 6.42 Å². The van der Waals surface area contributed by atoms with Gasteiger partial charge in [0.25, 0.3) is 0 Å². The Bertz CT molecular complexity index is 1810. The minimum Gasteiger partial charge on any atom is -0.405 e. The second-order valence-electron chi connectivity index (χ2n) is 9.66. The third-order valence-electron chi connectivity index (χ3n) is 7.02. The highest BCUT2D eigenvalue weighted by Crippen LogP contribution is 2.44. The number of nitrogens with one attached hydrogen (secondary N) is 1. The molecule has 0 atom stereocenters. The van der Waals surface area contributed by atoms with Crippen molar-refractivity contribution in [2.24, 2.45) is 16.5 Å². The second-order valence-corrected chi connectivity index (χ2v) is 10.8. The molecule has 6 rings (SSSR count). The number of hydrogen-bond donors (Lipinski definition) is 3. The van der Waals surface area contributed by atoms with Gasteiger partial charge in [0.15, 0.2) is 5.84 Å². The van der Waals surface area contributed by atoms with Crippen LogP contribution < -0.4 is 11.5 Å². The summed E-state index contributed by atoms with van der Waals surface area (Å²) in [6, 6.07) is 39.0. The van der Waals surface area contributed by atoms with Crippen molar-refractivity contribution < 1.29 is 0 Å². The Morgan fingerprint density at radius 3 is 2.25 bits per heavy atom. The number of aliphatic imine (C=N–C) groups is 1. The van der Waals surface area contributed by atoms with Gasteiger partial charge in [-0.05, 0) is 81.2 Å². The maximum atomic E-state index is 8.52. The first kappa shape index (κ1) is 25.4. The molecule has 1 aliphatic heterocycles. The van der Waals surface area contributed by atoms with Gasteiger partial charge in [0, 0.05) is 27.3 Å². The SMILES string of the molecule is N=C(N=C(N)c1cc(C(/C=C\N)=C2/Cc3ccccc3S2)cc(-c2ccc3ccccc3c2)c1)c1ccccc1. The van der Waals surface area contributed by atoms with E-state index in [-0.39, 0.29) is 5.84 Å². The van der Waals surface area contributed by atoms with Gasteiger partial charge < -0.3 is 11.5 Å². The van der Waals surface area contributed by atoms with Gasteiger partial charge in [-0.2, -0.15) is 0 Å². The maximum Gasteiger partial charge on any atom is 0.154 e. The molecule has 4 nitrogen and oxygen atoms in total. The van der Waals surface area contributed by atoms with Crippen molar-refractivity contribution in [2.75, 3.05) is 0 Å². The Morgan fingerprint density at radius 1 is 0.725 bits per heavy atom. The summed E-state index contributed by atoms with van der Waals surface area (Å²) in [6.45, 7) is 0. The molecule has 0 saturated heterocycles. The number of allylic oxidation sites excluding steroid dienone is 3. The molecule has 1 aliphatic rings. The molecule has 5 N–H and O–H groups in total. The fourth-order valence-corrected chi connectivity index (χ4v) is 6.21. The van der Waals surface area contributed by atoms with E-state index >= 15 is 0 Å². The van der Waals surface area contributed by atoms with Crippen LogP contribution in [0.2, 0.25) is 0 Å². The summed E-state index contributed by atoms with van der Waals surface area (Å²) in [7, 11) is 0.